The number of rotatable bonds is 5. The normalized spacial score (nSPS) is 11.3. The molecule has 0 amide bonds. The summed E-state index contributed by atoms with van der Waals surface area (Å²) in [5.74, 6) is 0.0961. The second-order valence-corrected chi connectivity index (χ2v) is 5.98. The van der Waals surface area contributed by atoms with E-state index >= 15 is 0 Å². The van der Waals surface area contributed by atoms with Gasteiger partial charge >= 0.3 is 7.75 Å². The molecule has 0 radical (unpaired) electrons. The number of phenolic OH excluding ortho intramolecular Hbond substituents is 2. The Morgan fingerprint density at radius 3 is 2.33 bits per heavy atom. The molecule has 5 N–H and O–H groups in total. The molecule has 21 heavy (non-hydrogen) atoms. The predicted molar refractivity (Wildman–Crippen MR) is 79.3 cm³/mol. The Morgan fingerprint density at radius 2 is 1.67 bits per heavy atom. The highest BCUT2D eigenvalue weighted by molar-refractivity contribution is 7.53. The molecule has 2 aromatic carbocycles. The van der Waals surface area contributed by atoms with E-state index in [0.29, 0.717) is 18.4 Å². The summed E-state index contributed by atoms with van der Waals surface area (Å²) in [6, 6.07) is 11.1. The van der Waals surface area contributed by atoms with Crippen LogP contribution in [-0.4, -0.2) is 20.0 Å². The Labute approximate surface area is 121 Å². The van der Waals surface area contributed by atoms with Gasteiger partial charge in [-0.3, -0.25) is 5.09 Å². The van der Waals surface area contributed by atoms with E-state index in [0.717, 1.165) is 5.56 Å². The average Bonchev–Trinajstić information content (AvgIpc) is 2.36. The molecule has 0 bridgehead atoms. The lowest BCUT2D eigenvalue weighted by atomic mass is 10.0. The third kappa shape index (κ3) is 4.79. The van der Waals surface area contributed by atoms with Crippen LogP contribution in [0.3, 0.4) is 0 Å². The van der Waals surface area contributed by atoms with Crippen molar-refractivity contribution in [3.05, 3.63) is 53.6 Å². The standard InChI is InChI=1S/C14H16NO5P/c16-12-3-1-2-10(8-12)4-5-11-6-7-13(17)9-14(11)15-21(18,19)20/h1-3,6-9,16-17H,4-5H2,(H3,15,18,19,20). The Bertz CT molecular complexity index is 683. The minimum Gasteiger partial charge on any atom is -0.508 e. The van der Waals surface area contributed by atoms with E-state index in [2.05, 4.69) is 5.09 Å². The van der Waals surface area contributed by atoms with Crippen molar-refractivity contribution in [1.29, 1.82) is 0 Å². The van der Waals surface area contributed by atoms with Crippen LogP contribution in [-0.2, 0) is 17.4 Å². The molecule has 0 unspecified atom stereocenters. The van der Waals surface area contributed by atoms with Crippen molar-refractivity contribution < 1.29 is 24.6 Å². The van der Waals surface area contributed by atoms with Crippen molar-refractivity contribution in [2.45, 2.75) is 12.8 Å². The van der Waals surface area contributed by atoms with Crippen LogP contribution in [0.25, 0.3) is 0 Å². The van der Waals surface area contributed by atoms with E-state index in [1.807, 2.05) is 6.07 Å². The summed E-state index contributed by atoms with van der Waals surface area (Å²) < 4.78 is 11.1. The lowest BCUT2D eigenvalue weighted by molar-refractivity contribution is 0.380. The molecule has 0 heterocycles. The lowest BCUT2D eigenvalue weighted by Gasteiger charge is -2.13. The van der Waals surface area contributed by atoms with Crippen LogP contribution >= 0.6 is 7.75 Å². The molecule has 0 saturated carbocycles. The van der Waals surface area contributed by atoms with E-state index in [9.17, 15) is 14.8 Å². The first-order valence-corrected chi connectivity index (χ1v) is 7.88. The summed E-state index contributed by atoms with van der Waals surface area (Å²) in [4.78, 5) is 18.0. The van der Waals surface area contributed by atoms with Crippen LogP contribution in [0.2, 0.25) is 0 Å². The van der Waals surface area contributed by atoms with Gasteiger partial charge in [0.1, 0.15) is 11.5 Å². The highest BCUT2D eigenvalue weighted by Gasteiger charge is 2.15. The van der Waals surface area contributed by atoms with Crippen LogP contribution in [0, 0.1) is 0 Å². The number of nitrogens with one attached hydrogen (secondary N) is 1. The van der Waals surface area contributed by atoms with Gasteiger partial charge in [-0.15, -0.1) is 0 Å². The van der Waals surface area contributed by atoms with Crippen LogP contribution in [0.15, 0.2) is 42.5 Å². The maximum atomic E-state index is 11.1. The number of hydrogen-bond acceptors (Lipinski definition) is 3. The molecule has 0 atom stereocenters. The first kappa shape index (κ1) is 15.4. The van der Waals surface area contributed by atoms with Crippen molar-refractivity contribution >= 4 is 13.4 Å². The van der Waals surface area contributed by atoms with Gasteiger partial charge in [0.05, 0.1) is 5.69 Å². The number of benzene rings is 2. The van der Waals surface area contributed by atoms with Crippen LogP contribution in [0.1, 0.15) is 11.1 Å². The van der Waals surface area contributed by atoms with Gasteiger partial charge in [-0.2, -0.15) is 0 Å². The number of aromatic hydroxyl groups is 2. The fraction of sp³-hybridized carbons (Fsp3) is 0.143. The van der Waals surface area contributed by atoms with E-state index < -0.39 is 7.75 Å². The molecule has 6 nitrogen and oxygen atoms in total. The Kier molecular flexibility index (Phi) is 4.53. The van der Waals surface area contributed by atoms with Gasteiger partial charge in [0.25, 0.3) is 0 Å². The Balaban J connectivity index is 2.17. The number of aryl methyl sites for hydroxylation is 2. The Hall–Kier alpha value is -2.01. The van der Waals surface area contributed by atoms with Gasteiger partial charge in [0.2, 0.25) is 0 Å². The van der Waals surface area contributed by atoms with Crippen molar-refractivity contribution in [3.8, 4) is 11.5 Å². The molecule has 2 rings (SSSR count). The molecule has 0 fully saturated rings. The van der Waals surface area contributed by atoms with Gasteiger partial charge in [-0.25, -0.2) is 4.57 Å². The smallest absolute Gasteiger partial charge is 0.427 e. The van der Waals surface area contributed by atoms with Crippen LogP contribution in [0.4, 0.5) is 5.69 Å². The highest BCUT2D eigenvalue weighted by Crippen LogP contribution is 2.38. The number of phenols is 2. The number of hydrogen-bond donors (Lipinski definition) is 5. The van der Waals surface area contributed by atoms with Gasteiger partial charge in [-0.05, 0) is 42.2 Å². The molecule has 0 saturated heterocycles. The van der Waals surface area contributed by atoms with Crippen molar-refractivity contribution in [3.63, 3.8) is 0 Å². The van der Waals surface area contributed by atoms with Crippen molar-refractivity contribution in [2.75, 3.05) is 5.09 Å². The minimum atomic E-state index is -4.44. The van der Waals surface area contributed by atoms with E-state index in [1.54, 1.807) is 24.3 Å². The molecule has 112 valence electrons. The fourth-order valence-electron chi connectivity index (χ4n) is 2.03. The van der Waals surface area contributed by atoms with Crippen LogP contribution in [0.5, 0.6) is 11.5 Å². The van der Waals surface area contributed by atoms with Crippen LogP contribution < -0.4 is 5.09 Å². The van der Waals surface area contributed by atoms with Gasteiger partial charge < -0.3 is 20.0 Å². The summed E-state index contributed by atoms with van der Waals surface area (Å²) >= 11 is 0. The zero-order valence-corrected chi connectivity index (χ0v) is 12.0. The molecule has 0 aromatic heterocycles. The van der Waals surface area contributed by atoms with Crippen molar-refractivity contribution in [2.24, 2.45) is 0 Å². The quantitative estimate of drug-likeness (QED) is 0.542. The average molecular weight is 309 g/mol. The molecular weight excluding hydrogens is 293 g/mol. The molecule has 0 spiro atoms. The highest BCUT2D eigenvalue weighted by atomic mass is 31.2. The largest absolute Gasteiger partial charge is 0.508 e. The van der Waals surface area contributed by atoms with E-state index in [1.165, 1.54) is 12.1 Å². The molecule has 0 aliphatic carbocycles. The Morgan fingerprint density at radius 1 is 0.952 bits per heavy atom. The molecule has 2 aromatic rings. The predicted octanol–water partition coefficient (Wildman–Crippen LogP) is 2.39. The van der Waals surface area contributed by atoms with Gasteiger partial charge in [-0.1, -0.05) is 18.2 Å². The zero-order chi connectivity index (χ0) is 15.5. The maximum absolute atomic E-state index is 11.1. The summed E-state index contributed by atoms with van der Waals surface area (Å²) in [5, 5.41) is 20.9. The lowest BCUT2D eigenvalue weighted by Crippen LogP contribution is -2.00. The van der Waals surface area contributed by atoms with Crippen molar-refractivity contribution in [1.82, 2.24) is 0 Å². The summed E-state index contributed by atoms with van der Waals surface area (Å²) in [5.41, 5.74) is 1.77. The summed E-state index contributed by atoms with van der Waals surface area (Å²) in [6.45, 7) is 0. The zero-order valence-electron chi connectivity index (χ0n) is 11.1. The SMILES string of the molecule is O=P(O)(O)Nc1cc(O)ccc1CCc1cccc(O)c1. The first-order valence-electron chi connectivity index (χ1n) is 6.27. The minimum absolute atomic E-state index is 0.0768. The topological polar surface area (TPSA) is 110 Å². The first-order chi connectivity index (χ1) is 9.83. The molecule has 7 heteroatoms. The fourth-order valence-corrected chi connectivity index (χ4v) is 2.56. The summed E-state index contributed by atoms with van der Waals surface area (Å²) in [7, 11) is -4.44. The van der Waals surface area contributed by atoms with Gasteiger partial charge in [0.15, 0.2) is 0 Å². The second kappa shape index (κ2) is 6.18. The molecule has 0 aliphatic heterocycles. The maximum Gasteiger partial charge on any atom is 0.427 e. The summed E-state index contributed by atoms with van der Waals surface area (Å²) in [6.07, 6.45) is 1.10. The van der Waals surface area contributed by atoms with Gasteiger partial charge in [0, 0.05) is 6.07 Å². The van der Waals surface area contributed by atoms with E-state index in [-0.39, 0.29) is 17.2 Å². The molecular formula is C14H16NO5P. The third-order valence-corrected chi connectivity index (χ3v) is 3.49. The number of anilines is 1. The molecule has 0 aliphatic rings. The monoisotopic (exact) mass is 309 g/mol. The second-order valence-electron chi connectivity index (χ2n) is 4.67. The third-order valence-electron chi connectivity index (χ3n) is 2.95. The van der Waals surface area contributed by atoms with E-state index in [4.69, 9.17) is 9.79 Å².